The lowest BCUT2D eigenvalue weighted by Gasteiger charge is -2.09. The van der Waals surface area contributed by atoms with Crippen molar-refractivity contribution in [3.63, 3.8) is 0 Å². The molecule has 3 aromatic carbocycles. The second kappa shape index (κ2) is 8.20. The van der Waals surface area contributed by atoms with Gasteiger partial charge in [0.15, 0.2) is 5.70 Å². The minimum Gasteiger partial charge on any atom is -0.402 e. The van der Waals surface area contributed by atoms with E-state index in [2.05, 4.69) is 4.99 Å². The van der Waals surface area contributed by atoms with Crippen LogP contribution in [-0.4, -0.2) is 20.3 Å². The van der Waals surface area contributed by atoms with E-state index in [-0.39, 0.29) is 22.2 Å². The third-order valence-corrected chi connectivity index (χ3v) is 5.89. The van der Waals surface area contributed by atoms with Gasteiger partial charge in [0.2, 0.25) is 5.90 Å². The van der Waals surface area contributed by atoms with Crippen molar-refractivity contribution < 1.29 is 22.1 Å². The van der Waals surface area contributed by atoms with Gasteiger partial charge in [0.05, 0.1) is 0 Å². The average Bonchev–Trinajstić information content (AvgIpc) is 3.10. The normalized spacial score (nSPS) is 15.0. The lowest BCUT2D eigenvalue weighted by Crippen LogP contribution is -2.10. The summed E-state index contributed by atoms with van der Waals surface area (Å²) in [5, 5.41) is 0. The summed E-state index contributed by atoms with van der Waals surface area (Å²) < 4.78 is 36.0. The molecule has 0 amide bonds. The molecule has 0 saturated carbocycles. The van der Waals surface area contributed by atoms with Crippen LogP contribution in [0.15, 0.2) is 88.4 Å². The van der Waals surface area contributed by atoms with E-state index in [1.807, 2.05) is 38.1 Å². The van der Waals surface area contributed by atoms with E-state index >= 15 is 0 Å². The highest BCUT2D eigenvalue weighted by atomic mass is 32.2. The average molecular weight is 433 g/mol. The van der Waals surface area contributed by atoms with Crippen LogP contribution in [0.2, 0.25) is 0 Å². The van der Waals surface area contributed by atoms with Crippen LogP contribution in [0, 0.1) is 13.8 Å². The smallest absolute Gasteiger partial charge is 0.363 e. The molecule has 0 radical (unpaired) electrons. The summed E-state index contributed by atoms with van der Waals surface area (Å²) in [4.78, 5) is 16.6. The fourth-order valence-corrected chi connectivity index (χ4v) is 3.88. The van der Waals surface area contributed by atoms with Gasteiger partial charge < -0.3 is 8.92 Å². The Hall–Kier alpha value is -3.71. The van der Waals surface area contributed by atoms with Crippen molar-refractivity contribution in [3.05, 3.63) is 101 Å². The molecular weight excluding hydrogens is 414 g/mol. The highest BCUT2D eigenvalue weighted by molar-refractivity contribution is 7.87. The number of aliphatic imine (C=N–C) groups is 1. The van der Waals surface area contributed by atoms with Crippen LogP contribution in [0.3, 0.4) is 0 Å². The Labute approximate surface area is 180 Å². The van der Waals surface area contributed by atoms with Gasteiger partial charge in [-0.25, -0.2) is 9.79 Å². The van der Waals surface area contributed by atoms with Gasteiger partial charge in [-0.3, -0.25) is 0 Å². The Morgan fingerprint density at radius 1 is 0.871 bits per heavy atom. The minimum absolute atomic E-state index is 0.0421. The first-order chi connectivity index (χ1) is 14.8. The number of hydrogen-bond acceptors (Lipinski definition) is 6. The molecule has 3 aromatic rings. The van der Waals surface area contributed by atoms with Crippen LogP contribution < -0.4 is 4.18 Å². The van der Waals surface area contributed by atoms with Crippen LogP contribution in [-0.2, 0) is 19.6 Å². The van der Waals surface area contributed by atoms with Gasteiger partial charge in [-0.05, 0) is 50.3 Å². The number of carbonyl (C=O) groups is 1. The zero-order valence-electron chi connectivity index (χ0n) is 16.9. The van der Waals surface area contributed by atoms with E-state index in [4.69, 9.17) is 8.92 Å². The second-order valence-electron chi connectivity index (χ2n) is 7.09. The molecular formula is C24H19NO5S. The fraction of sp³-hybridized carbons (Fsp3) is 0.0833. The van der Waals surface area contributed by atoms with Gasteiger partial charge in [-0.2, -0.15) is 8.42 Å². The summed E-state index contributed by atoms with van der Waals surface area (Å²) in [5.74, 6) is -0.337. The Morgan fingerprint density at radius 2 is 1.48 bits per heavy atom. The molecule has 1 aliphatic heterocycles. The fourth-order valence-electron chi connectivity index (χ4n) is 2.92. The Balaban J connectivity index is 1.65. The van der Waals surface area contributed by atoms with Crippen molar-refractivity contribution in [2.24, 2.45) is 4.99 Å². The van der Waals surface area contributed by atoms with Gasteiger partial charge in [0.25, 0.3) is 0 Å². The number of carbonyl (C=O) groups excluding carboxylic acids is 1. The van der Waals surface area contributed by atoms with E-state index in [9.17, 15) is 13.2 Å². The van der Waals surface area contributed by atoms with Crippen molar-refractivity contribution >= 4 is 28.1 Å². The predicted octanol–water partition coefficient (Wildman–Crippen LogP) is 4.42. The zero-order valence-corrected chi connectivity index (χ0v) is 17.7. The Morgan fingerprint density at radius 3 is 2.16 bits per heavy atom. The summed E-state index contributed by atoms with van der Waals surface area (Å²) in [5.41, 5.74) is 3.13. The molecule has 0 atom stereocenters. The molecule has 4 rings (SSSR count). The molecule has 0 fully saturated rings. The summed E-state index contributed by atoms with van der Waals surface area (Å²) in [7, 11) is -4.04. The topological polar surface area (TPSA) is 82.0 Å². The SMILES string of the molecule is Cc1ccc(C2=NC(=Cc3ccccc3OS(=O)(=O)c3ccc(C)cc3)C(=O)O2)cc1. The Bertz CT molecular complexity index is 1300. The number of cyclic esters (lactones) is 1. The van der Waals surface area contributed by atoms with E-state index in [0.717, 1.165) is 11.1 Å². The molecule has 1 aliphatic rings. The largest absolute Gasteiger partial charge is 0.402 e. The number of para-hydroxylation sites is 1. The van der Waals surface area contributed by atoms with Crippen LogP contribution in [0.4, 0.5) is 0 Å². The first-order valence-electron chi connectivity index (χ1n) is 9.52. The van der Waals surface area contributed by atoms with E-state index in [1.165, 1.54) is 24.3 Å². The lowest BCUT2D eigenvalue weighted by atomic mass is 10.1. The number of benzene rings is 3. The highest BCUT2D eigenvalue weighted by Gasteiger charge is 2.25. The quantitative estimate of drug-likeness (QED) is 0.338. The maximum absolute atomic E-state index is 12.7. The van der Waals surface area contributed by atoms with Crippen molar-refractivity contribution in [2.45, 2.75) is 18.7 Å². The predicted molar refractivity (Wildman–Crippen MR) is 117 cm³/mol. The molecule has 1 heterocycles. The molecule has 0 aliphatic carbocycles. The van der Waals surface area contributed by atoms with Crippen molar-refractivity contribution in [2.75, 3.05) is 0 Å². The van der Waals surface area contributed by atoms with Gasteiger partial charge in [0.1, 0.15) is 10.6 Å². The van der Waals surface area contributed by atoms with Gasteiger partial charge >= 0.3 is 16.1 Å². The number of aryl methyl sites for hydroxylation is 2. The van der Waals surface area contributed by atoms with Crippen LogP contribution in [0.1, 0.15) is 22.3 Å². The lowest BCUT2D eigenvalue weighted by molar-refractivity contribution is -0.129. The monoisotopic (exact) mass is 433 g/mol. The number of ether oxygens (including phenoxy) is 1. The molecule has 0 saturated heterocycles. The molecule has 156 valence electrons. The van der Waals surface area contributed by atoms with Gasteiger partial charge in [-0.15, -0.1) is 0 Å². The molecule has 31 heavy (non-hydrogen) atoms. The van der Waals surface area contributed by atoms with E-state index in [0.29, 0.717) is 11.1 Å². The summed E-state index contributed by atoms with van der Waals surface area (Å²) in [6.07, 6.45) is 1.45. The van der Waals surface area contributed by atoms with E-state index in [1.54, 1.807) is 30.3 Å². The van der Waals surface area contributed by atoms with Crippen LogP contribution in [0.5, 0.6) is 5.75 Å². The summed E-state index contributed by atoms with van der Waals surface area (Å²) in [6, 6.07) is 20.3. The summed E-state index contributed by atoms with van der Waals surface area (Å²) in [6.45, 7) is 3.82. The maximum Gasteiger partial charge on any atom is 0.363 e. The first-order valence-corrected chi connectivity index (χ1v) is 10.9. The second-order valence-corrected chi connectivity index (χ2v) is 8.64. The zero-order chi connectivity index (χ0) is 22.0. The molecule has 0 spiro atoms. The molecule has 0 bridgehead atoms. The number of hydrogen-bond donors (Lipinski definition) is 0. The number of nitrogens with zero attached hydrogens (tertiary/aromatic N) is 1. The highest BCUT2D eigenvalue weighted by Crippen LogP contribution is 2.27. The van der Waals surface area contributed by atoms with Crippen molar-refractivity contribution in [1.82, 2.24) is 0 Å². The van der Waals surface area contributed by atoms with Crippen molar-refractivity contribution in [1.29, 1.82) is 0 Å². The van der Waals surface area contributed by atoms with Crippen LogP contribution >= 0.6 is 0 Å². The molecule has 0 N–H and O–H groups in total. The number of rotatable bonds is 5. The third kappa shape index (κ3) is 4.57. The van der Waals surface area contributed by atoms with Gasteiger partial charge in [0, 0.05) is 11.1 Å². The standard InChI is InChI=1S/C24H19NO5S/c1-16-7-11-18(12-8-16)23-25-21(24(26)29-23)15-19-5-3-4-6-22(19)30-31(27,28)20-13-9-17(2)10-14-20/h3-15H,1-2H3. The van der Waals surface area contributed by atoms with E-state index < -0.39 is 16.1 Å². The molecule has 7 heteroatoms. The maximum atomic E-state index is 12.7. The Kier molecular flexibility index (Phi) is 5.44. The molecule has 0 unspecified atom stereocenters. The number of esters is 1. The van der Waals surface area contributed by atoms with Crippen LogP contribution in [0.25, 0.3) is 6.08 Å². The molecule has 6 nitrogen and oxygen atoms in total. The first kappa shape index (κ1) is 20.6. The minimum atomic E-state index is -4.04. The van der Waals surface area contributed by atoms with Gasteiger partial charge in [-0.1, -0.05) is 53.6 Å². The summed E-state index contributed by atoms with van der Waals surface area (Å²) >= 11 is 0. The van der Waals surface area contributed by atoms with Crippen molar-refractivity contribution in [3.8, 4) is 5.75 Å². The molecule has 0 aromatic heterocycles. The third-order valence-electron chi connectivity index (χ3n) is 4.64.